The number of nitrogens with one attached hydrogen (secondary N) is 2. The van der Waals surface area contributed by atoms with E-state index in [1.807, 2.05) is 6.92 Å². The first-order chi connectivity index (χ1) is 9.66. The Morgan fingerprint density at radius 2 is 2.15 bits per heavy atom. The van der Waals surface area contributed by atoms with Gasteiger partial charge in [0, 0.05) is 13.0 Å². The first-order valence-corrected chi connectivity index (χ1v) is 6.82. The number of imidazole rings is 1. The number of aromatic amines is 1. The van der Waals surface area contributed by atoms with Crippen molar-refractivity contribution in [2.24, 2.45) is 5.92 Å². The standard InChI is InChI=1S/C13H19N5O2/c1-9(5-13(2)19-3-4-20-13)6-14-11-10-12(16-7-15-10)18-8-17-11/h7-9H,3-6H2,1-2H3,(H2,14,15,16,17,18). The van der Waals surface area contributed by atoms with E-state index < -0.39 is 5.79 Å². The second kappa shape index (κ2) is 5.34. The highest BCUT2D eigenvalue weighted by molar-refractivity contribution is 5.81. The Bertz CT molecular complexity index is 579. The zero-order valence-corrected chi connectivity index (χ0v) is 11.7. The molecule has 1 atom stereocenters. The van der Waals surface area contributed by atoms with E-state index in [2.05, 4.69) is 32.2 Å². The summed E-state index contributed by atoms with van der Waals surface area (Å²) in [4.78, 5) is 15.5. The number of fused-ring (bicyclic) bond motifs is 1. The molecule has 20 heavy (non-hydrogen) atoms. The highest BCUT2D eigenvalue weighted by Gasteiger charge is 2.32. The minimum Gasteiger partial charge on any atom is -0.368 e. The third kappa shape index (κ3) is 2.73. The van der Waals surface area contributed by atoms with Crippen molar-refractivity contribution in [2.45, 2.75) is 26.1 Å². The van der Waals surface area contributed by atoms with E-state index in [4.69, 9.17) is 9.47 Å². The molecule has 3 heterocycles. The van der Waals surface area contributed by atoms with Crippen LogP contribution in [0.5, 0.6) is 0 Å². The summed E-state index contributed by atoms with van der Waals surface area (Å²) in [5, 5.41) is 3.33. The van der Waals surface area contributed by atoms with Crippen LogP contribution in [0.3, 0.4) is 0 Å². The lowest BCUT2D eigenvalue weighted by Crippen LogP contribution is -2.30. The van der Waals surface area contributed by atoms with Crippen molar-refractivity contribution in [1.29, 1.82) is 0 Å². The molecule has 0 amide bonds. The van der Waals surface area contributed by atoms with Crippen LogP contribution < -0.4 is 5.32 Å². The minimum atomic E-state index is -0.448. The lowest BCUT2D eigenvalue weighted by molar-refractivity contribution is -0.153. The van der Waals surface area contributed by atoms with Crippen molar-refractivity contribution in [2.75, 3.05) is 25.1 Å². The molecule has 1 unspecified atom stereocenters. The average molecular weight is 277 g/mol. The number of rotatable bonds is 5. The monoisotopic (exact) mass is 277 g/mol. The summed E-state index contributed by atoms with van der Waals surface area (Å²) in [5.74, 6) is 0.722. The predicted molar refractivity (Wildman–Crippen MR) is 74.3 cm³/mol. The van der Waals surface area contributed by atoms with Gasteiger partial charge in [0.1, 0.15) is 11.8 Å². The third-order valence-corrected chi connectivity index (χ3v) is 3.46. The number of H-pyrrole nitrogens is 1. The highest BCUT2D eigenvalue weighted by atomic mass is 16.7. The van der Waals surface area contributed by atoms with Crippen molar-refractivity contribution in [1.82, 2.24) is 19.9 Å². The quantitative estimate of drug-likeness (QED) is 0.862. The topological polar surface area (TPSA) is 85.0 Å². The van der Waals surface area contributed by atoms with Crippen LogP contribution >= 0.6 is 0 Å². The van der Waals surface area contributed by atoms with E-state index in [1.165, 1.54) is 6.33 Å². The van der Waals surface area contributed by atoms with Gasteiger partial charge < -0.3 is 19.8 Å². The summed E-state index contributed by atoms with van der Waals surface area (Å²) < 4.78 is 11.3. The largest absolute Gasteiger partial charge is 0.368 e. The van der Waals surface area contributed by atoms with Crippen LogP contribution in [0.15, 0.2) is 12.7 Å². The maximum absolute atomic E-state index is 5.63. The molecule has 1 saturated heterocycles. The van der Waals surface area contributed by atoms with Gasteiger partial charge in [-0.25, -0.2) is 15.0 Å². The molecular formula is C13H19N5O2. The van der Waals surface area contributed by atoms with Crippen LogP contribution in [0, 0.1) is 5.92 Å². The normalized spacial score (nSPS) is 19.3. The van der Waals surface area contributed by atoms with Crippen molar-refractivity contribution >= 4 is 17.0 Å². The number of anilines is 1. The lowest BCUT2D eigenvalue weighted by Gasteiger charge is -2.26. The summed E-state index contributed by atoms with van der Waals surface area (Å²) in [6, 6.07) is 0. The van der Waals surface area contributed by atoms with Gasteiger partial charge in [0.15, 0.2) is 17.3 Å². The van der Waals surface area contributed by atoms with E-state index in [-0.39, 0.29) is 0 Å². The Morgan fingerprint density at radius 3 is 2.95 bits per heavy atom. The zero-order valence-electron chi connectivity index (χ0n) is 11.7. The Morgan fingerprint density at radius 1 is 1.35 bits per heavy atom. The predicted octanol–water partition coefficient (Wildman–Crippen LogP) is 1.55. The third-order valence-electron chi connectivity index (χ3n) is 3.46. The highest BCUT2D eigenvalue weighted by Crippen LogP contribution is 2.27. The molecule has 7 heteroatoms. The zero-order chi connectivity index (χ0) is 14.0. The lowest BCUT2D eigenvalue weighted by atomic mass is 10.0. The second-order valence-corrected chi connectivity index (χ2v) is 5.34. The van der Waals surface area contributed by atoms with E-state index in [0.717, 1.165) is 24.3 Å². The molecule has 0 aromatic carbocycles. The Kier molecular flexibility index (Phi) is 3.54. The van der Waals surface area contributed by atoms with Crippen LogP contribution in [-0.4, -0.2) is 45.5 Å². The van der Waals surface area contributed by atoms with Crippen LogP contribution in [0.2, 0.25) is 0 Å². The van der Waals surface area contributed by atoms with Gasteiger partial charge >= 0.3 is 0 Å². The summed E-state index contributed by atoms with van der Waals surface area (Å²) >= 11 is 0. The Labute approximate surface area is 117 Å². The number of hydrogen-bond acceptors (Lipinski definition) is 6. The van der Waals surface area contributed by atoms with Gasteiger partial charge in [-0.2, -0.15) is 0 Å². The molecule has 1 aliphatic rings. The first-order valence-electron chi connectivity index (χ1n) is 6.82. The molecular weight excluding hydrogens is 258 g/mol. The van der Waals surface area contributed by atoms with Gasteiger partial charge in [-0.3, -0.25) is 0 Å². The molecule has 0 saturated carbocycles. The Hall–Kier alpha value is -1.73. The number of nitrogens with zero attached hydrogens (tertiary/aromatic N) is 3. The molecule has 3 rings (SSSR count). The molecule has 2 aromatic rings. The van der Waals surface area contributed by atoms with E-state index in [0.29, 0.717) is 24.8 Å². The molecule has 0 radical (unpaired) electrons. The number of hydrogen-bond donors (Lipinski definition) is 2. The molecule has 2 aromatic heterocycles. The van der Waals surface area contributed by atoms with Crippen LogP contribution in [0.1, 0.15) is 20.3 Å². The molecule has 1 aliphatic heterocycles. The molecule has 0 bridgehead atoms. The summed E-state index contributed by atoms with van der Waals surface area (Å²) in [7, 11) is 0. The van der Waals surface area contributed by atoms with Gasteiger partial charge in [-0.1, -0.05) is 6.92 Å². The van der Waals surface area contributed by atoms with E-state index >= 15 is 0 Å². The first kappa shape index (κ1) is 13.3. The second-order valence-electron chi connectivity index (χ2n) is 5.34. The van der Waals surface area contributed by atoms with Crippen LogP contribution in [0.25, 0.3) is 11.2 Å². The molecule has 7 nitrogen and oxygen atoms in total. The smallest absolute Gasteiger partial charge is 0.182 e. The maximum atomic E-state index is 5.63. The van der Waals surface area contributed by atoms with E-state index in [1.54, 1.807) is 6.33 Å². The average Bonchev–Trinajstić information content (AvgIpc) is 3.05. The van der Waals surface area contributed by atoms with Crippen molar-refractivity contribution in [3.8, 4) is 0 Å². The number of aromatic nitrogens is 4. The summed E-state index contributed by atoms with van der Waals surface area (Å²) in [6.07, 6.45) is 3.98. The fourth-order valence-corrected chi connectivity index (χ4v) is 2.55. The summed E-state index contributed by atoms with van der Waals surface area (Å²) in [6.45, 7) is 6.30. The molecule has 2 N–H and O–H groups in total. The van der Waals surface area contributed by atoms with Crippen molar-refractivity contribution in [3.63, 3.8) is 0 Å². The Balaban J connectivity index is 1.60. The van der Waals surface area contributed by atoms with Crippen LogP contribution in [-0.2, 0) is 9.47 Å². The van der Waals surface area contributed by atoms with Crippen LogP contribution in [0.4, 0.5) is 5.82 Å². The fourth-order valence-electron chi connectivity index (χ4n) is 2.55. The molecule has 108 valence electrons. The number of ether oxygens (including phenoxy) is 2. The van der Waals surface area contributed by atoms with Gasteiger partial charge in [-0.05, 0) is 12.8 Å². The fraction of sp³-hybridized carbons (Fsp3) is 0.615. The minimum absolute atomic E-state index is 0.394. The SMILES string of the molecule is CC(CNc1ncnc2nc[nH]c12)CC1(C)OCCO1. The van der Waals surface area contributed by atoms with Gasteiger partial charge in [-0.15, -0.1) is 0 Å². The van der Waals surface area contributed by atoms with E-state index in [9.17, 15) is 0 Å². The van der Waals surface area contributed by atoms with Gasteiger partial charge in [0.05, 0.1) is 19.5 Å². The molecule has 1 fully saturated rings. The maximum Gasteiger partial charge on any atom is 0.182 e. The molecule has 0 spiro atoms. The van der Waals surface area contributed by atoms with Gasteiger partial charge in [0.2, 0.25) is 0 Å². The van der Waals surface area contributed by atoms with Gasteiger partial charge in [0.25, 0.3) is 0 Å². The summed E-state index contributed by atoms with van der Waals surface area (Å²) in [5.41, 5.74) is 1.50. The van der Waals surface area contributed by atoms with Crippen molar-refractivity contribution in [3.05, 3.63) is 12.7 Å². The van der Waals surface area contributed by atoms with Crippen molar-refractivity contribution < 1.29 is 9.47 Å². The molecule has 0 aliphatic carbocycles.